The van der Waals surface area contributed by atoms with E-state index < -0.39 is 67.5 Å². The molecule has 0 saturated heterocycles. The zero-order valence-corrected chi connectivity index (χ0v) is 45.4. The monoisotopic (exact) mass is 890 g/mol. The van der Waals surface area contributed by atoms with Crippen LogP contribution in [-0.2, 0) is 24.7 Å². The molecule has 0 radical (unpaired) electrons. The van der Waals surface area contributed by atoms with Crippen LogP contribution in [0, 0.1) is 36.0 Å². The van der Waals surface area contributed by atoms with E-state index in [1.165, 1.54) is 10.4 Å². The molecule has 0 spiro atoms. The number of hydrogen-bond acceptors (Lipinski definition) is 6. The smallest absolute Gasteiger partial charge is 0.312 e. The lowest BCUT2D eigenvalue weighted by Crippen LogP contribution is -2.58. The van der Waals surface area contributed by atoms with Crippen LogP contribution < -0.4 is 10.4 Å². The van der Waals surface area contributed by atoms with Crippen molar-refractivity contribution >= 4 is 77.9 Å². The van der Waals surface area contributed by atoms with Gasteiger partial charge in [0.2, 0.25) is 16.6 Å². The van der Waals surface area contributed by atoms with Gasteiger partial charge in [-0.2, -0.15) is 0 Å². The van der Waals surface area contributed by atoms with Gasteiger partial charge in [-0.05, 0) is 171 Å². The van der Waals surface area contributed by atoms with Crippen LogP contribution in [0.3, 0.4) is 0 Å². The summed E-state index contributed by atoms with van der Waals surface area (Å²) in [6.45, 7) is 39.2. The molecule has 302 valence electrons. The quantitative estimate of drug-likeness (QED) is 0.119. The van der Waals surface area contributed by atoms with Crippen molar-refractivity contribution in [3.05, 3.63) is 94.5 Å². The highest BCUT2D eigenvalue weighted by molar-refractivity contribution is 6.94. The van der Waals surface area contributed by atoms with Gasteiger partial charge in [-0.25, -0.2) is 0 Å². The molecule has 14 heteroatoms. The minimum Gasteiger partial charge on any atom is -0.437 e. The van der Waals surface area contributed by atoms with Gasteiger partial charge in [0.05, 0.1) is 0 Å². The first-order chi connectivity index (χ1) is 25.3. The minimum absolute atomic E-state index is 0.743. The highest BCUT2D eigenvalue weighted by atomic mass is 28.5. The van der Waals surface area contributed by atoms with Crippen LogP contribution >= 0.6 is 0 Å². The van der Waals surface area contributed by atoms with E-state index in [1.807, 2.05) is 18.2 Å². The van der Waals surface area contributed by atoms with Gasteiger partial charge < -0.3 is 24.7 Å². The molecule has 0 heterocycles. The first-order valence-corrected chi connectivity index (χ1v) is 43.3. The zero-order chi connectivity index (χ0) is 42.6. The summed E-state index contributed by atoms with van der Waals surface area (Å²) in [4.78, 5) is 0. The van der Waals surface area contributed by atoms with Crippen LogP contribution in [0.5, 0.6) is 0 Å². The third-order valence-corrected chi connectivity index (χ3v) is 36.2. The van der Waals surface area contributed by atoms with E-state index in [2.05, 4.69) is 196 Å². The van der Waals surface area contributed by atoms with E-state index in [1.54, 1.807) is 0 Å². The Labute approximate surface area is 349 Å². The molecule has 0 saturated carbocycles. The maximum absolute atomic E-state index is 6.84. The van der Waals surface area contributed by atoms with Crippen LogP contribution in [0.2, 0.25) is 118 Å². The van der Waals surface area contributed by atoms with Crippen molar-refractivity contribution in [3.63, 3.8) is 0 Å². The molecule has 3 aromatic rings. The molecule has 0 amide bonds. The fourth-order valence-corrected chi connectivity index (χ4v) is 43.3. The summed E-state index contributed by atoms with van der Waals surface area (Å²) in [7, 11) is -17.5. The lowest BCUT2D eigenvalue weighted by atomic mass is 10.1. The second-order valence-corrected chi connectivity index (χ2v) is 50.8. The Kier molecular flexibility index (Phi) is 15.5. The van der Waals surface area contributed by atoms with Gasteiger partial charge in [-0.3, -0.25) is 0 Å². The normalized spacial score (nSPS) is 13.3. The summed E-state index contributed by atoms with van der Waals surface area (Å²) in [5.41, 5.74) is 4.22. The maximum atomic E-state index is 6.84. The lowest BCUT2D eigenvalue weighted by Gasteiger charge is -2.40. The van der Waals surface area contributed by atoms with E-state index >= 15 is 0 Å². The van der Waals surface area contributed by atoms with Gasteiger partial charge in [0.15, 0.2) is 16.6 Å². The molecule has 0 N–H and O–H groups in total. The highest BCUT2D eigenvalue weighted by Gasteiger charge is 2.44. The fourth-order valence-electron chi connectivity index (χ4n) is 7.14. The third-order valence-electron chi connectivity index (χ3n) is 8.05. The van der Waals surface area contributed by atoms with Crippen LogP contribution in [0.4, 0.5) is 0 Å². The predicted molar refractivity (Wildman–Crippen MR) is 257 cm³/mol. The van der Waals surface area contributed by atoms with Crippen molar-refractivity contribution < 1.29 is 24.7 Å². The molecular weight excluding hydrogens is 825 g/mol. The van der Waals surface area contributed by atoms with E-state index in [0.717, 1.165) is 27.8 Å². The molecule has 0 aliphatic rings. The summed E-state index contributed by atoms with van der Waals surface area (Å²) >= 11 is 0. The van der Waals surface area contributed by atoms with E-state index in [-0.39, 0.29) is 0 Å². The second-order valence-electron chi connectivity index (χ2n) is 19.1. The standard InChI is InChI=1S/C42H66O6Si8/c1-20-36-33-39(23-21-37-25-29-41(30-26-37)51(8,9)45-55(16,17)47-53(12,13)43-49(2,3)4)35-40(34-36)24-22-38-27-31-42(32-28-38)52(10,11)46-56(18,19)48-54(14,15)44-50(5,6)7/h1,25-35H,2-19H3. The Bertz CT molecular complexity index is 1860. The molecule has 0 aliphatic heterocycles. The summed E-state index contributed by atoms with van der Waals surface area (Å²) in [6.07, 6.45) is 5.84. The van der Waals surface area contributed by atoms with Gasteiger partial charge in [0.1, 0.15) is 0 Å². The van der Waals surface area contributed by atoms with Gasteiger partial charge in [-0.1, -0.05) is 53.9 Å². The highest BCUT2D eigenvalue weighted by Crippen LogP contribution is 2.26. The second kappa shape index (κ2) is 18.0. The molecule has 56 heavy (non-hydrogen) atoms. The SMILES string of the molecule is C#Cc1cc(C#Cc2ccc([Si](C)(C)O[Si](C)(C)O[Si](C)(C)O[Si](C)(C)C)cc2)cc(C#Cc2ccc([Si](C)(C)O[Si](C)(C)O[Si](C)(C)O[Si](C)(C)C)cc2)c1. The molecule has 0 aliphatic carbocycles. The third kappa shape index (κ3) is 16.6. The average Bonchev–Trinajstić information content (AvgIpc) is 2.98. The summed E-state index contributed by atoms with van der Waals surface area (Å²) in [5.74, 6) is 16.0. The van der Waals surface area contributed by atoms with E-state index in [0.29, 0.717) is 0 Å². The van der Waals surface area contributed by atoms with Crippen LogP contribution in [0.25, 0.3) is 0 Å². The Balaban J connectivity index is 1.74. The number of hydrogen-bond donors (Lipinski definition) is 0. The van der Waals surface area contributed by atoms with Gasteiger partial charge in [0.25, 0.3) is 0 Å². The molecular formula is C42H66O6Si8. The summed E-state index contributed by atoms with van der Waals surface area (Å²) in [6, 6.07) is 22.7. The first kappa shape index (κ1) is 48.2. The van der Waals surface area contributed by atoms with Crippen LogP contribution in [-0.4, -0.2) is 67.5 Å². The van der Waals surface area contributed by atoms with Crippen molar-refractivity contribution in [1.29, 1.82) is 0 Å². The zero-order valence-electron chi connectivity index (χ0n) is 37.4. The molecule has 3 rings (SSSR count). The average molecular weight is 892 g/mol. The van der Waals surface area contributed by atoms with Crippen LogP contribution in [0.1, 0.15) is 27.8 Å². The van der Waals surface area contributed by atoms with Crippen LogP contribution in [0.15, 0.2) is 66.7 Å². The Morgan fingerprint density at radius 3 is 0.893 bits per heavy atom. The van der Waals surface area contributed by atoms with Crippen molar-refractivity contribution in [1.82, 2.24) is 0 Å². The number of rotatable bonds is 14. The van der Waals surface area contributed by atoms with Gasteiger partial charge in [0, 0.05) is 27.8 Å². The Morgan fingerprint density at radius 2 is 0.607 bits per heavy atom. The number of terminal acetylenes is 1. The van der Waals surface area contributed by atoms with Gasteiger partial charge in [-0.15, -0.1) is 6.42 Å². The van der Waals surface area contributed by atoms with Crippen molar-refractivity contribution in [2.24, 2.45) is 0 Å². The molecule has 0 atom stereocenters. The largest absolute Gasteiger partial charge is 0.437 e. The van der Waals surface area contributed by atoms with Gasteiger partial charge >= 0.3 is 34.2 Å². The van der Waals surface area contributed by atoms with Crippen molar-refractivity contribution in [2.75, 3.05) is 0 Å². The molecule has 0 unspecified atom stereocenters. The maximum Gasteiger partial charge on any atom is 0.312 e. The first-order valence-electron chi connectivity index (χ1n) is 19.4. The lowest BCUT2D eigenvalue weighted by molar-refractivity contribution is 0.330. The fraction of sp³-hybridized carbons (Fsp3) is 0.429. The molecule has 0 aromatic heterocycles. The summed E-state index contributed by atoms with van der Waals surface area (Å²) in [5, 5.41) is 2.40. The predicted octanol–water partition coefficient (Wildman–Crippen LogP) is 9.87. The Hall–Kier alpha value is -2.16. The summed E-state index contributed by atoms with van der Waals surface area (Å²) < 4.78 is 39.9. The molecule has 0 bridgehead atoms. The molecule has 6 nitrogen and oxygen atoms in total. The van der Waals surface area contributed by atoms with Crippen molar-refractivity contribution in [2.45, 2.75) is 118 Å². The molecule has 0 fully saturated rings. The number of benzene rings is 3. The molecule has 3 aromatic carbocycles. The van der Waals surface area contributed by atoms with E-state index in [4.69, 9.17) is 31.1 Å². The Morgan fingerprint density at radius 1 is 0.339 bits per heavy atom. The topological polar surface area (TPSA) is 55.4 Å². The van der Waals surface area contributed by atoms with Crippen molar-refractivity contribution in [3.8, 4) is 36.0 Å². The van der Waals surface area contributed by atoms with E-state index in [9.17, 15) is 0 Å². The minimum atomic E-state index is -2.45.